The molecular formula is C24H17F3N4O3. The van der Waals surface area contributed by atoms with Gasteiger partial charge in [-0.05, 0) is 65.6 Å². The third-order valence-electron chi connectivity index (χ3n) is 5.24. The van der Waals surface area contributed by atoms with E-state index in [2.05, 4.69) is 28.2 Å². The van der Waals surface area contributed by atoms with Crippen molar-refractivity contribution in [1.29, 1.82) is 5.26 Å². The number of carbonyl (C=O) groups is 1. The minimum absolute atomic E-state index is 0.142. The van der Waals surface area contributed by atoms with Gasteiger partial charge in [0, 0.05) is 12.4 Å². The van der Waals surface area contributed by atoms with Crippen molar-refractivity contribution in [3.8, 4) is 22.9 Å². The summed E-state index contributed by atoms with van der Waals surface area (Å²) in [6.07, 6.45) is -0.684. The second-order valence-electron chi connectivity index (χ2n) is 7.54. The van der Waals surface area contributed by atoms with Crippen molar-refractivity contribution in [3.63, 3.8) is 0 Å². The monoisotopic (exact) mass is 466 g/mol. The lowest BCUT2D eigenvalue weighted by Gasteiger charge is -2.24. The maximum absolute atomic E-state index is 10.6. The van der Waals surface area contributed by atoms with Crippen LogP contribution < -0.4 is 4.74 Å². The molecule has 0 saturated carbocycles. The van der Waals surface area contributed by atoms with Crippen molar-refractivity contribution in [1.82, 2.24) is 15.0 Å². The lowest BCUT2D eigenvalue weighted by molar-refractivity contribution is -0.192. The van der Waals surface area contributed by atoms with E-state index in [9.17, 15) is 13.2 Å². The minimum atomic E-state index is -5.08. The Balaban J connectivity index is 0.000000344. The van der Waals surface area contributed by atoms with E-state index in [4.69, 9.17) is 24.9 Å². The van der Waals surface area contributed by atoms with Crippen LogP contribution in [0.1, 0.15) is 22.9 Å². The summed E-state index contributed by atoms with van der Waals surface area (Å²) in [5, 5.41) is 16.2. The van der Waals surface area contributed by atoms with Crippen LogP contribution in [0, 0.1) is 11.3 Å². The van der Waals surface area contributed by atoms with Crippen LogP contribution in [0.3, 0.4) is 0 Å². The average Bonchev–Trinajstić information content (AvgIpc) is 3.27. The molecule has 1 atom stereocenters. The number of nitrogens with one attached hydrogen (secondary N) is 1. The molecule has 4 aromatic rings. The molecule has 1 aliphatic heterocycles. The number of nitriles is 1. The molecule has 34 heavy (non-hydrogen) atoms. The number of ether oxygens (including phenoxy) is 1. The highest BCUT2D eigenvalue weighted by Crippen LogP contribution is 2.33. The number of nitrogens with zero attached hydrogens (tertiary/aromatic N) is 3. The normalized spacial score (nSPS) is 14.8. The molecule has 5 rings (SSSR count). The minimum Gasteiger partial charge on any atom is -0.493 e. The quantitative estimate of drug-likeness (QED) is 0.437. The molecule has 0 spiro atoms. The molecule has 2 aromatic carbocycles. The van der Waals surface area contributed by atoms with Gasteiger partial charge in [0.15, 0.2) is 0 Å². The van der Waals surface area contributed by atoms with Gasteiger partial charge >= 0.3 is 12.1 Å². The fourth-order valence-electron chi connectivity index (χ4n) is 3.59. The van der Waals surface area contributed by atoms with Crippen molar-refractivity contribution < 1.29 is 27.8 Å². The first kappa shape index (κ1) is 22.8. The largest absolute Gasteiger partial charge is 0.493 e. The highest BCUT2D eigenvalue weighted by molar-refractivity contribution is 5.82. The van der Waals surface area contributed by atoms with Crippen LogP contribution in [-0.2, 0) is 11.2 Å². The zero-order valence-corrected chi connectivity index (χ0v) is 17.5. The molecule has 0 saturated heterocycles. The van der Waals surface area contributed by atoms with Gasteiger partial charge in [-0.3, -0.25) is 4.98 Å². The zero-order valence-electron chi connectivity index (χ0n) is 17.5. The Hall–Kier alpha value is -4.39. The molecule has 1 aliphatic rings. The van der Waals surface area contributed by atoms with Crippen LogP contribution >= 0.6 is 0 Å². The second kappa shape index (κ2) is 9.23. The van der Waals surface area contributed by atoms with E-state index in [0.29, 0.717) is 12.2 Å². The SMILES string of the molecule is N#Cc1ccc2c(c1)CC(c1nc3ccc(-c4ccncc4)cc3[nH]1)CO2.O=C(O)C(F)(F)F. The maximum Gasteiger partial charge on any atom is 0.490 e. The molecule has 0 amide bonds. The third-order valence-corrected chi connectivity index (χ3v) is 5.24. The highest BCUT2D eigenvalue weighted by Gasteiger charge is 2.38. The number of benzene rings is 2. The average molecular weight is 466 g/mol. The highest BCUT2D eigenvalue weighted by atomic mass is 19.4. The van der Waals surface area contributed by atoms with E-state index < -0.39 is 12.1 Å². The number of H-pyrrole nitrogens is 1. The number of hydrogen-bond donors (Lipinski definition) is 2. The number of aliphatic carboxylic acids is 1. The Kier molecular flexibility index (Phi) is 6.19. The van der Waals surface area contributed by atoms with E-state index in [0.717, 1.165) is 45.7 Å². The standard InChI is InChI=1S/C22H16N4O.C2HF3O2/c23-12-14-1-4-21-17(9-14)10-18(13-27-21)22-25-19-3-2-16(11-20(19)26-22)15-5-7-24-8-6-15;3-2(4,5)1(6)7/h1-9,11,18H,10,13H2,(H,25,26);(H,6,7). The van der Waals surface area contributed by atoms with Crippen LogP contribution in [0.15, 0.2) is 60.9 Å². The van der Waals surface area contributed by atoms with Crippen molar-refractivity contribution in [2.24, 2.45) is 0 Å². The zero-order chi connectivity index (χ0) is 24.3. The number of imidazole rings is 1. The Morgan fingerprint density at radius 1 is 1.12 bits per heavy atom. The van der Waals surface area contributed by atoms with Gasteiger partial charge in [0.05, 0.1) is 35.2 Å². The Labute approximate surface area is 191 Å². The van der Waals surface area contributed by atoms with E-state index in [1.54, 1.807) is 18.5 Å². The first-order chi connectivity index (χ1) is 16.2. The summed E-state index contributed by atoms with van der Waals surface area (Å²) in [5.74, 6) is -0.832. The molecule has 2 aromatic heterocycles. The smallest absolute Gasteiger partial charge is 0.490 e. The second-order valence-corrected chi connectivity index (χ2v) is 7.54. The van der Waals surface area contributed by atoms with Gasteiger partial charge in [0.2, 0.25) is 0 Å². The topological polar surface area (TPSA) is 112 Å². The van der Waals surface area contributed by atoms with Crippen molar-refractivity contribution >= 4 is 17.0 Å². The van der Waals surface area contributed by atoms with Crippen molar-refractivity contribution in [3.05, 3.63) is 77.9 Å². The summed E-state index contributed by atoms with van der Waals surface area (Å²) < 4.78 is 37.6. The van der Waals surface area contributed by atoms with E-state index in [-0.39, 0.29) is 5.92 Å². The van der Waals surface area contributed by atoms with E-state index in [1.165, 1.54) is 0 Å². The number of aromatic nitrogens is 3. The summed E-state index contributed by atoms with van der Waals surface area (Å²) in [4.78, 5) is 21.2. The molecule has 1 unspecified atom stereocenters. The molecule has 0 fully saturated rings. The van der Waals surface area contributed by atoms with E-state index >= 15 is 0 Å². The molecular weight excluding hydrogens is 449 g/mol. The molecule has 2 N–H and O–H groups in total. The number of halogens is 3. The lowest BCUT2D eigenvalue weighted by Crippen LogP contribution is -2.21. The van der Waals surface area contributed by atoms with Crippen LogP contribution in [0.2, 0.25) is 0 Å². The molecule has 172 valence electrons. The van der Waals surface area contributed by atoms with Crippen molar-refractivity contribution in [2.75, 3.05) is 6.61 Å². The number of fused-ring (bicyclic) bond motifs is 2. The van der Waals surface area contributed by atoms with Crippen LogP contribution in [0.25, 0.3) is 22.2 Å². The number of carboxylic acids is 1. The number of rotatable bonds is 2. The number of pyridine rings is 1. The van der Waals surface area contributed by atoms with Gasteiger partial charge in [-0.15, -0.1) is 0 Å². The molecule has 7 nitrogen and oxygen atoms in total. The molecule has 3 heterocycles. The number of carboxylic acid groups (broad SMARTS) is 1. The summed E-state index contributed by atoms with van der Waals surface area (Å²) in [6.45, 7) is 0.579. The Bertz CT molecular complexity index is 1380. The Morgan fingerprint density at radius 2 is 1.85 bits per heavy atom. The summed E-state index contributed by atoms with van der Waals surface area (Å²) in [6, 6.07) is 18.0. The van der Waals surface area contributed by atoms with Gasteiger partial charge < -0.3 is 14.8 Å². The Morgan fingerprint density at radius 3 is 2.53 bits per heavy atom. The maximum atomic E-state index is 10.6. The number of aromatic amines is 1. The first-order valence-electron chi connectivity index (χ1n) is 10.1. The predicted octanol–water partition coefficient (Wildman–Crippen LogP) is 4.85. The number of alkyl halides is 3. The summed E-state index contributed by atoms with van der Waals surface area (Å²) in [5.41, 5.74) is 5.93. The van der Waals surface area contributed by atoms with Crippen LogP contribution in [-0.4, -0.2) is 38.8 Å². The van der Waals surface area contributed by atoms with Gasteiger partial charge in [0.1, 0.15) is 11.6 Å². The number of hydrogen-bond acceptors (Lipinski definition) is 5. The third kappa shape index (κ3) is 4.99. The van der Waals surface area contributed by atoms with Crippen molar-refractivity contribution in [2.45, 2.75) is 18.5 Å². The molecule has 0 bridgehead atoms. The predicted molar refractivity (Wildman–Crippen MR) is 116 cm³/mol. The van der Waals surface area contributed by atoms with E-state index in [1.807, 2.05) is 30.3 Å². The lowest BCUT2D eigenvalue weighted by atomic mass is 9.95. The van der Waals surface area contributed by atoms with Gasteiger partial charge in [0.25, 0.3) is 0 Å². The van der Waals surface area contributed by atoms with Gasteiger partial charge in [-0.2, -0.15) is 18.4 Å². The van der Waals surface area contributed by atoms with Gasteiger partial charge in [-0.25, -0.2) is 9.78 Å². The first-order valence-corrected chi connectivity index (χ1v) is 10.1. The van der Waals surface area contributed by atoms with Crippen LogP contribution in [0.5, 0.6) is 5.75 Å². The molecule has 10 heteroatoms. The molecule has 0 aliphatic carbocycles. The summed E-state index contributed by atoms with van der Waals surface area (Å²) >= 11 is 0. The fourth-order valence-corrected chi connectivity index (χ4v) is 3.59. The molecule has 0 radical (unpaired) electrons. The fraction of sp³-hybridized carbons (Fsp3) is 0.167. The van der Waals surface area contributed by atoms with Gasteiger partial charge in [-0.1, -0.05) is 6.07 Å². The summed E-state index contributed by atoms with van der Waals surface area (Å²) in [7, 11) is 0. The van der Waals surface area contributed by atoms with Crippen LogP contribution in [0.4, 0.5) is 13.2 Å².